The van der Waals surface area contributed by atoms with E-state index in [0.717, 1.165) is 18.1 Å². The zero-order valence-electron chi connectivity index (χ0n) is 19.9. The number of nitriles is 1. The Balaban J connectivity index is 1.46. The van der Waals surface area contributed by atoms with E-state index in [1.807, 2.05) is 36.1 Å². The van der Waals surface area contributed by atoms with Gasteiger partial charge in [0.1, 0.15) is 6.04 Å². The number of anilines is 2. The summed E-state index contributed by atoms with van der Waals surface area (Å²) in [4.78, 5) is 28.6. The van der Waals surface area contributed by atoms with Crippen LogP contribution < -0.4 is 16.0 Å². The van der Waals surface area contributed by atoms with Gasteiger partial charge in [0, 0.05) is 31.0 Å². The molecule has 7 nitrogen and oxygen atoms in total. The summed E-state index contributed by atoms with van der Waals surface area (Å²) in [5.41, 5.74) is 6.09. The topological polar surface area (TPSA) is 102 Å². The molecule has 10 heteroatoms. The molecular weight excluding hydrogens is 471 g/mol. The quantitative estimate of drug-likeness (QED) is 0.646. The number of nitrogens with zero attached hydrogens (tertiary/aromatic N) is 3. The first-order chi connectivity index (χ1) is 17.0. The SMILES string of the molecule is CCc1ccc(NC(=O)N2CC3(CCN(c4ccc(C#N)c(C(F)(F)F)c4)CC3)CC2C(N)=O)cc1. The third-order valence-corrected chi connectivity index (χ3v) is 7.33. The minimum absolute atomic E-state index is 0.342. The van der Waals surface area contributed by atoms with Gasteiger partial charge in [-0.2, -0.15) is 18.4 Å². The van der Waals surface area contributed by atoms with Crippen molar-refractivity contribution in [2.45, 2.75) is 44.8 Å². The van der Waals surface area contributed by atoms with Gasteiger partial charge in [-0.05, 0) is 67.0 Å². The number of benzene rings is 2. The molecule has 3 amide bonds. The fourth-order valence-corrected chi connectivity index (χ4v) is 5.21. The molecule has 190 valence electrons. The van der Waals surface area contributed by atoms with Gasteiger partial charge in [-0.15, -0.1) is 0 Å². The Morgan fingerprint density at radius 2 is 1.83 bits per heavy atom. The zero-order chi connectivity index (χ0) is 26.1. The van der Waals surface area contributed by atoms with Crippen molar-refractivity contribution in [3.8, 4) is 6.07 Å². The lowest BCUT2D eigenvalue weighted by molar-refractivity contribution is -0.137. The van der Waals surface area contributed by atoms with Gasteiger partial charge in [0.05, 0.1) is 17.2 Å². The molecule has 4 rings (SSSR count). The summed E-state index contributed by atoms with van der Waals surface area (Å²) in [6.07, 6.45) is -2.15. The summed E-state index contributed by atoms with van der Waals surface area (Å²) in [6.45, 7) is 3.30. The highest BCUT2D eigenvalue weighted by atomic mass is 19.4. The van der Waals surface area contributed by atoms with Crippen LogP contribution >= 0.6 is 0 Å². The van der Waals surface area contributed by atoms with Crippen LogP contribution in [0.3, 0.4) is 0 Å². The van der Waals surface area contributed by atoms with Gasteiger partial charge in [-0.25, -0.2) is 4.79 Å². The fraction of sp³-hybridized carbons (Fsp3) is 0.423. The van der Waals surface area contributed by atoms with Crippen LogP contribution in [0.2, 0.25) is 0 Å². The summed E-state index contributed by atoms with van der Waals surface area (Å²) < 4.78 is 40.2. The fourth-order valence-electron chi connectivity index (χ4n) is 5.21. The highest BCUT2D eigenvalue weighted by Gasteiger charge is 2.49. The number of hydrogen-bond acceptors (Lipinski definition) is 4. The van der Waals surface area contributed by atoms with Crippen LogP contribution in [0.1, 0.15) is 42.9 Å². The van der Waals surface area contributed by atoms with E-state index in [9.17, 15) is 22.8 Å². The normalized spacial score (nSPS) is 19.2. The van der Waals surface area contributed by atoms with Crippen LogP contribution in [-0.4, -0.2) is 42.5 Å². The number of nitrogens with one attached hydrogen (secondary N) is 1. The van der Waals surface area contributed by atoms with Gasteiger partial charge >= 0.3 is 12.2 Å². The van der Waals surface area contributed by atoms with Gasteiger partial charge in [0.2, 0.25) is 5.91 Å². The molecule has 0 bridgehead atoms. The molecule has 0 radical (unpaired) electrons. The number of likely N-dealkylation sites (tertiary alicyclic amines) is 1. The average Bonchev–Trinajstić information content (AvgIpc) is 3.23. The second-order valence-electron chi connectivity index (χ2n) is 9.56. The number of urea groups is 1. The van der Waals surface area contributed by atoms with E-state index in [0.29, 0.717) is 50.3 Å². The van der Waals surface area contributed by atoms with Crippen LogP contribution in [0.4, 0.5) is 29.3 Å². The van der Waals surface area contributed by atoms with Gasteiger partial charge in [-0.3, -0.25) is 4.79 Å². The Labute approximate surface area is 207 Å². The maximum Gasteiger partial charge on any atom is 0.417 e. The smallest absolute Gasteiger partial charge is 0.371 e. The molecule has 2 aromatic carbocycles. The monoisotopic (exact) mass is 499 g/mol. The Morgan fingerprint density at radius 3 is 2.39 bits per heavy atom. The second-order valence-corrected chi connectivity index (χ2v) is 9.56. The molecule has 2 fully saturated rings. The molecule has 0 aliphatic carbocycles. The van der Waals surface area contributed by atoms with Crippen molar-refractivity contribution >= 4 is 23.3 Å². The summed E-state index contributed by atoms with van der Waals surface area (Å²) >= 11 is 0. The maximum absolute atomic E-state index is 13.4. The molecule has 3 N–H and O–H groups in total. The average molecular weight is 500 g/mol. The number of halogens is 3. The lowest BCUT2D eigenvalue weighted by atomic mass is 9.76. The molecule has 2 aliphatic heterocycles. The van der Waals surface area contributed by atoms with E-state index in [1.54, 1.807) is 6.07 Å². The molecule has 2 heterocycles. The number of primary amides is 1. The lowest BCUT2D eigenvalue weighted by Crippen LogP contribution is -2.46. The van der Waals surface area contributed by atoms with Crippen molar-refractivity contribution in [3.63, 3.8) is 0 Å². The van der Waals surface area contributed by atoms with Crippen molar-refractivity contribution in [3.05, 3.63) is 59.2 Å². The Hall–Kier alpha value is -3.74. The van der Waals surface area contributed by atoms with E-state index >= 15 is 0 Å². The molecule has 2 aliphatic rings. The number of hydrogen-bond donors (Lipinski definition) is 2. The number of aryl methyl sites for hydroxylation is 1. The highest BCUT2D eigenvalue weighted by Crippen LogP contribution is 2.45. The lowest BCUT2D eigenvalue weighted by Gasteiger charge is -2.40. The molecule has 0 saturated carbocycles. The molecule has 36 heavy (non-hydrogen) atoms. The summed E-state index contributed by atoms with van der Waals surface area (Å²) in [7, 11) is 0. The minimum atomic E-state index is -4.62. The highest BCUT2D eigenvalue weighted by molar-refractivity contribution is 5.94. The van der Waals surface area contributed by atoms with Crippen molar-refractivity contribution in [1.82, 2.24) is 4.90 Å². The van der Waals surface area contributed by atoms with Crippen LogP contribution in [0.25, 0.3) is 0 Å². The van der Waals surface area contributed by atoms with Crippen LogP contribution in [0, 0.1) is 16.7 Å². The molecule has 1 spiro atoms. The standard InChI is InChI=1S/C26H28F3N5O2/c1-2-17-3-6-19(7-4-17)32-24(36)34-16-25(14-22(34)23(31)35)9-11-33(12-10-25)20-8-5-18(15-30)21(13-20)26(27,28)29/h3-8,13,22H,2,9-12,14,16H2,1H3,(H2,31,35)(H,32,36). The first kappa shape index (κ1) is 25.4. The second kappa shape index (κ2) is 9.72. The molecular formula is C26H28F3N5O2. The number of carbonyl (C=O) groups excluding carboxylic acids is 2. The van der Waals surface area contributed by atoms with E-state index in [2.05, 4.69) is 5.32 Å². The Morgan fingerprint density at radius 1 is 1.17 bits per heavy atom. The number of piperidine rings is 1. The van der Waals surface area contributed by atoms with Crippen molar-refractivity contribution < 1.29 is 22.8 Å². The first-order valence-corrected chi connectivity index (χ1v) is 11.9. The van der Waals surface area contributed by atoms with Crippen molar-refractivity contribution in [2.75, 3.05) is 29.9 Å². The predicted molar refractivity (Wildman–Crippen MR) is 129 cm³/mol. The number of alkyl halides is 3. The van der Waals surface area contributed by atoms with E-state index in [-0.39, 0.29) is 5.41 Å². The molecule has 2 aromatic rings. The molecule has 0 aromatic heterocycles. The van der Waals surface area contributed by atoms with Gasteiger partial charge in [0.25, 0.3) is 0 Å². The molecule has 2 saturated heterocycles. The van der Waals surface area contributed by atoms with Crippen molar-refractivity contribution in [1.29, 1.82) is 5.26 Å². The number of rotatable bonds is 4. The maximum atomic E-state index is 13.4. The zero-order valence-corrected chi connectivity index (χ0v) is 19.9. The van der Waals surface area contributed by atoms with Gasteiger partial charge < -0.3 is 20.9 Å². The van der Waals surface area contributed by atoms with Gasteiger partial charge in [-0.1, -0.05) is 19.1 Å². The van der Waals surface area contributed by atoms with Crippen LogP contribution in [0.15, 0.2) is 42.5 Å². The third kappa shape index (κ3) is 5.10. The first-order valence-electron chi connectivity index (χ1n) is 11.9. The van der Waals surface area contributed by atoms with Gasteiger partial charge in [0.15, 0.2) is 0 Å². The Bertz CT molecular complexity index is 1180. The largest absolute Gasteiger partial charge is 0.417 e. The van der Waals surface area contributed by atoms with E-state index < -0.39 is 35.3 Å². The summed E-state index contributed by atoms with van der Waals surface area (Å²) in [5, 5.41) is 11.9. The Kier molecular flexibility index (Phi) is 6.85. The summed E-state index contributed by atoms with van der Waals surface area (Å²) in [5.74, 6) is -0.576. The van der Waals surface area contributed by atoms with E-state index in [1.165, 1.54) is 17.0 Å². The summed E-state index contributed by atoms with van der Waals surface area (Å²) in [6, 6.07) is 11.7. The van der Waals surface area contributed by atoms with Crippen LogP contribution in [0.5, 0.6) is 0 Å². The number of carbonyl (C=O) groups is 2. The van der Waals surface area contributed by atoms with E-state index in [4.69, 9.17) is 11.0 Å². The number of amides is 3. The minimum Gasteiger partial charge on any atom is -0.371 e. The van der Waals surface area contributed by atoms with Crippen molar-refractivity contribution in [2.24, 2.45) is 11.1 Å². The number of nitrogens with two attached hydrogens (primary N) is 1. The molecule has 1 unspecified atom stereocenters. The predicted octanol–water partition coefficient (Wildman–Crippen LogP) is 4.52. The van der Waals surface area contributed by atoms with Crippen LogP contribution in [-0.2, 0) is 17.4 Å². The third-order valence-electron chi connectivity index (χ3n) is 7.33. The molecule has 1 atom stereocenters.